The number of hydrogen-bond donors (Lipinski definition) is 0. The van der Waals surface area contributed by atoms with Crippen LogP contribution in [0.1, 0.15) is 49.4 Å². The Kier molecular flexibility index (Phi) is 6.59. The average molecular weight is 490 g/mol. The molecule has 1 aromatic heterocycles. The summed E-state index contributed by atoms with van der Waals surface area (Å²) in [7, 11) is 0. The molecule has 2 fully saturated rings. The van der Waals surface area contributed by atoms with Gasteiger partial charge in [0.05, 0.1) is 24.9 Å². The highest BCUT2D eigenvalue weighted by Crippen LogP contribution is 2.38. The number of rotatable bonds is 7. The molecule has 36 heavy (non-hydrogen) atoms. The van der Waals surface area contributed by atoms with Crippen LogP contribution < -0.4 is 4.74 Å². The van der Waals surface area contributed by atoms with Gasteiger partial charge in [-0.05, 0) is 38.0 Å². The van der Waals surface area contributed by atoms with Gasteiger partial charge in [-0.15, -0.1) is 0 Å². The summed E-state index contributed by atoms with van der Waals surface area (Å²) in [6.07, 6.45) is 3.25. The lowest BCUT2D eigenvalue weighted by atomic mass is 9.81. The molecule has 3 aromatic rings. The Bertz CT molecular complexity index is 1300. The topological polar surface area (TPSA) is 103 Å². The Balaban J connectivity index is 1.34. The lowest BCUT2D eigenvalue weighted by Gasteiger charge is -2.19. The normalized spacial score (nSPS) is 19.4. The fraction of sp³-hybridized carbons (Fsp3) is 0.357. The Labute approximate surface area is 208 Å². The largest absolute Gasteiger partial charge is 0.462 e. The van der Waals surface area contributed by atoms with Gasteiger partial charge < -0.3 is 13.9 Å². The second-order valence-corrected chi connectivity index (χ2v) is 9.10. The predicted octanol–water partition coefficient (Wildman–Crippen LogP) is 4.75. The lowest BCUT2D eigenvalue weighted by molar-refractivity contribution is -0.141. The van der Waals surface area contributed by atoms with Gasteiger partial charge in [-0.2, -0.15) is 0 Å². The Hall–Kier alpha value is -3.94. The zero-order valence-corrected chi connectivity index (χ0v) is 20.0. The van der Waals surface area contributed by atoms with Gasteiger partial charge >= 0.3 is 11.9 Å². The number of furan rings is 1. The number of imide groups is 1. The first kappa shape index (κ1) is 23.8. The van der Waals surface area contributed by atoms with Crippen LogP contribution in [-0.4, -0.2) is 41.8 Å². The van der Waals surface area contributed by atoms with Crippen LogP contribution in [0.25, 0.3) is 22.3 Å². The number of hydrogen-bond acceptors (Lipinski definition) is 7. The summed E-state index contributed by atoms with van der Waals surface area (Å²) in [6.45, 7) is 1.92. The third-order valence-electron chi connectivity index (χ3n) is 6.88. The molecule has 2 atom stereocenters. The fourth-order valence-corrected chi connectivity index (χ4v) is 5.18. The van der Waals surface area contributed by atoms with E-state index in [1.807, 2.05) is 30.3 Å². The molecule has 1 saturated heterocycles. The first-order chi connectivity index (χ1) is 17.5. The van der Waals surface area contributed by atoms with Gasteiger partial charge in [0.15, 0.2) is 0 Å². The summed E-state index contributed by atoms with van der Waals surface area (Å²) in [5.74, 6) is -1.35. The first-order valence-corrected chi connectivity index (χ1v) is 12.3. The van der Waals surface area contributed by atoms with Crippen molar-refractivity contribution in [1.29, 1.82) is 0 Å². The van der Waals surface area contributed by atoms with Gasteiger partial charge in [0.25, 0.3) is 0 Å². The van der Waals surface area contributed by atoms with E-state index in [9.17, 15) is 19.2 Å². The summed E-state index contributed by atoms with van der Waals surface area (Å²) in [4.78, 5) is 51.9. The van der Waals surface area contributed by atoms with Crippen molar-refractivity contribution in [2.75, 3.05) is 13.2 Å². The number of ether oxygens (including phenoxy) is 2. The maximum absolute atomic E-state index is 12.8. The van der Waals surface area contributed by atoms with Crippen molar-refractivity contribution in [1.82, 2.24) is 4.90 Å². The van der Waals surface area contributed by atoms with Crippen LogP contribution in [0.4, 0.5) is 0 Å². The molecule has 2 aliphatic rings. The average Bonchev–Trinajstić information content (AvgIpc) is 3.39. The minimum Gasteiger partial charge on any atom is -0.462 e. The molecule has 2 aromatic carbocycles. The van der Waals surface area contributed by atoms with Crippen molar-refractivity contribution < 1.29 is 33.1 Å². The highest BCUT2D eigenvalue weighted by atomic mass is 16.5. The summed E-state index contributed by atoms with van der Waals surface area (Å²) in [5, 5.41) is 0.464. The van der Waals surface area contributed by atoms with E-state index in [4.69, 9.17) is 13.9 Å². The summed E-state index contributed by atoms with van der Waals surface area (Å²) < 4.78 is 16.7. The summed E-state index contributed by atoms with van der Waals surface area (Å²) in [6, 6.07) is 14.0. The summed E-state index contributed by atoms with van der Waals surface area (Å²) in [5.41, 5.74) is 1.43. The molecule has 0 N–H and O–H groups in total. The summed E-state index contributed by atoms with van der Waals surface area (Å²) >= 11 is 0. The van der Waals surface area contributed by atoms with Gasteiger partial charge in [-0.25, -0.2) is 4.79 Å². The Morgan fingerprint density at radius 2 is 1.69 bits per heavy atom. The molecule has 186 valence electrons. The van der Waals surface area contributed by atoms with Crippen molar-refractivity contribution in [3.8, 4) is 17.1 Å². The third kappa shape index (κ3) is 4.39. The number of amides is 2. The second-order valence-electron chi connectivity index (χ2n) is 9.10. The lowest BCUT2D eigenvalue weighted by Crippen LogP contribution is -2.33. The molecule has 1 aliphatic heterocycles. The van der Waals surface area contributed by atoms with Gasteiger partial charge in [-0.3, -0.25) is 19.3 Å². The standard InChI is InChI=1S/C28H27NO7/c1-2-34-28(33)24-21-16-18(12-13-22(21)36-25(24)17-8-4-3-5-9-17)35-23(30)14-15-29-26(31)19-10-6-7-11-20(19)27(29)32/h3-5,8-9,12-13,16,19-20H,2,6-7,10-11,14-15H2,1H3. The van der Waals surface area contributed by atoms with E-state index in [0.717, 1.165) is 31.2 Å². The minimum absolute atomic E-state index is 0.00366. The smallest absolute Gasteiger partial charge is 0.342 e. The van der Waals surface area contributed by atoms with E-state index in [-0.39, 0.29) is 54.5 Å². The molecule has 8 heteroatoms. The van der Waals surface area contributed by atoms with Gasteiger partial charge in [0.2, 0.25) is 11.8 Å². The number of carbonyl (C=O) groups excluding carboxylic acids is 4. The molecule has 1 aliphatic carbocycles. The number of benzene rings is 2. The van der Waals surface area contributed by atoms with Crippen molar-refractivity contribution in [2.24, 2.45) is 11.8 Å². The van der Waals surface area contributed by atoms with Crippen LogP contribution in [0.15, 0.2) is 52.9 Å². The second kappa shape index (κ2) is 9.97. The fourth-order valence-electron chi connectivity index (χ4n) is 5.18. The number of likely N-dealkylation sites (tertiary alicyclic amines) is 1. The van der Waals surface area contributed by atoms with Crippen molar-refractivity contribution in [2.45, 2.75) is 39.0 Å². The maximum atomic E-state index is 12.8. The number of esters is 2. The highest BCUT2D eigenvalue weighted by molar-refractivity contribution is 6.09. The monoisotopic (exact) mass is 489 g/mol. The Morgan fingerprint density at radius 3 is 2.36 bits per heavy atom. The highest BCUT2D eigenvalue weighted by Gasteiger charge is 2.47. The maximum Gasteiger partial charge on any atom is 0.342 e. The molecule has 2 heterocycles. The van der Waals surface area contributed by atoms with E-state index < -0.39 is 11.9 Å². The first-order valence-electron chi connectivity index (χ1n) is 12.3. The van der Waals surface area contributed by atoms with E-state index in [1.165, 1.54) is 4.90 Å². The zero-order valence-electron chi connectivity index (χ0n) is 20.0. The molecule has 8 nitrogen and oxygen atoms in total. The molecule has 2 amide bonds. The number of fused-ring (bicyclic) bond motifs is 2. The van der Waals surface area contributed by atoms with E-state index in [0.29, 0.717) is 16.7 Å². The van der Waals surface area contributed by atoms with Crippen LogP contribution in [0.3, 0.4) is 0 Å². The van der Waals surface area contributed by atoms with Crippen molar-refractivity contribution in [3.63, 3.8) is 0 Å². The van der Waals surface area contributed by atoms with Crippen LogP contribution in [0.2, 0.25) is 0 Å². The third-order valence-corrected chi connectivity index (χ3v) is 6.88. The molecule has 5 rings (SSSR count). The van der Waals surface area contributed by atoms with E-state index in [2.05, 4.69) is 0 Å². The SMILES string of the molecule is CCOC(=O)c1c(-c2ccccc2)oc2ccc(OC(=O)CCN3C(=O)C4CCCCC4C3=O)cc12. The van der Waals surface area contributed by atoms with Crippen LogP contribution in [0, 0.1) is 11.8 Å². The van der Waals surface area contributed by atoms with Crippen LogP contribution >= 0.6 is 0 Å². The van der Waals surface area contributed by atoms with Gasteiger partial charge in [0.1, 0.15) is 22.7 Å². The van der Waals surface area contributed by atoms with Crippen LogP contribution in [-0.2, 0) is 19.1 Å². The minimum atomic E-state index is -0.575. The van der Waals surface area contributed by atoms with Gasteiger partial charge in [0, 0.05) is 17.5 Å². The van der Waals surface area contributed by atoms with Crippen molar-refractivity contribution in [3.05, 3.63) is 54.1 Å². The molecule has 2 unspecified atom stereocenters. The predicted molar refractivity (Wildman–Crippen MR) is 130 cm³/mol. The molecule has 1 saturated carbocycles. The van der Waals surface area contributed by atoms with Gasteiger partial charge in [-0.1, -0.05) is 43.2 Å². The molecular formula is C28H27NO7. The molecule has 0 bridgehead atoms. The zero-order chi connectivity index (χ0) is 25.2. The Morgan fingerprint density at radius 1 is 1.00 bits per heavy atom. The van der Waals surface area contributed by atoms with Crippen LogP contribution in [0.5, 0.6) is 5.75 Å². The van der Waals surface area contributed by atoms with Crippen molar-refractivity contribution >= 4 is 34.7 Å². The quantitative estimate of drug-likeness (QED) is 0.268. The number of nitrogens with zero attached hydrogens (tertiary/aromatic N) is 1. The van der Waals surface area contributed by atoms with E-state index >= 15 is 0 Å². The molecular weight excluding hydrogens is 462 g/mol. The molecule has 0 spiro atoms. The number of carbonyl (C=O) groups is 4. The molecule has 0 radical (unpaired) electrons. The van der Waals surface area contributed by atoms with E-state index in [1.54, 1.807) is 25.1 Å².